The van der Waals surface area contributed by atoms with Crippen LogP contribution < -0.4 is 0 Å². The minimum absolute atomic E-state index is 0.425. The molecule has 0 amide bonds. The number of carbonyl (C=O) groups excluding carboxylic acids is 2. The van der Waals surface area contributed by atoms with Gasteiger partial charge in [0.05, 0.1) is 0 Å². The average molecular weight is 182 g/mol. The van der Waals surface area contributed by atoms with Crippen LogP contribution in [0.25, 0.3) is 0 Å². The third-order valence-electron chi connectivity index (χ3n) is 2.77. The molecule has 0 spiro atoms. The fourth-order valence-corrected chi connectivity index (χ4v) is 2.02. The fraction of sp³-hybridized carbons (Fsp3) is 0.818. The third kappa shape index (κ3) is 4.20. The van der Waals surface area contributed by atoms with Crippen LogP contribution in [-0.2, 0) is 9.59 Å². The molecule has 0 radical (unpaired) electrons. The summed E-state index contributed by atoms with van der Waals surface area (Å²) in [7, 11) is 0. The second-order valence-electron chi connectivity index (χ2n) is 3.95. The van der Waals surface area contributed by atoms with Crippen molar-refractivity contribution in [2.75, 3.05) is 0 Å². The second kappa shape index (κ2) is 5.90. The molecule has 0 unspecified atom stereocenters. The van der Waals surface area contributed by atoms with Crippen molar-refractivity contribution in [2.45, 2.75) is 51.4 Å². The van der Waals surface area contributed by atoms with E-state index in [1.165, 1.54) is 12.8 Å². The number of ketones is 1. The van der Waals surface area contributed by atoms with Crippen LogP contribution in [0.15, 0.2) is 0 Å². The van der Waals surface area contributed by atoms with Gasteiger partial charge in [-0.25, -0.2) is 0 Å². The summed E-state index contributed by atoms with van der Waals surface area (Å²) >= 11 is 0. The van der Waals surface area contributed by atoms with Crippen molar-refractivity contribution in [3.05, 3.63) is 0 Å². The highest BCUT2D eigenvalue weighted by molar-refractivity contribution is 5.78. The Labute approximate surface area is 79.7 Å². The number of Topliss-reactive ketones (excluding diaryl/α,β-unsaturated/α-hetero) is 1. The van der Waals surface area contributed by atoms with Gasteiger partial charge in [0.25, 0.3) is 0 Å². The molecule has 0 bridgehead atoms. The van der Waals surface area contributed by atoms with Crippen molar-refractivity contribution >= 4 is 12.1 Å². The third-order valence-corrected chi connectivity index (χ3v) is 2.77. The van der Waals surface area contributed by atoms with Gasteiger partial charge >= 0.3 is 0 Å². The number of rotatable bonds is 4. The lowest BCUT2D eigenvalue weighted by molar-refractivity contribution is -0.119. The zero-order valence-electron chi connectivity index (χ0n) is 8.13. The first-order valence-corrected chi connectivity index (χ1v) is 5.28. The SMILES string of the molecule is O=CCCC[C@H]1CCCCC(=O)C1. The second-order valence-corrected chi connectivity index (χ2v) is 3.95. The van der Waals surface area contributed by atoms with Crippen LogP contribution in [0.2, 0.25) is 0 Å². The molecular weight excluding hydrogens is 164 g/mol. The average Bonchev–Trinajstić information content (AvgIpc) is 2.31. The van der Waals surface area contributed by atoms with Crippen molar-refractivity contribution < 1.29 is 9.59 Å². The van der Waals surface area contributed by atoms with Gasteiger partial charge in [0.15, 0.2) is 0 Å². The zero-order chi connectivity index (χ0) is 9.52. The van der Waals surface area contributed by atoms with Crippen molar-refractivity contribution in [1.82, 2.24) is 0 Å². The number of hydrogen-bond donors (Lipinski definition) is 0. The number of aldehydes is 1. The summed E-state index contributed by atoms with van der Waals surface area (Å²) in [6.07, 6.45) is 8.64. The van der Waals surface area contributed by atoms with E-state index in [0.717, 1.165) is 38.4 Å². The lowest BCUT2D eigenvalue weighted by Crippen LogP contribution is -2.05. The Morgan fingerprint density at radius 1 is 1.38 bits per heavy atom. The summed E-state index contributed by atoms with van der Waals surface area (Å²) in [5.41, 5.74) is 0. The number of hydrogen-bond acceptors (Lipinski definition) is 2. The normalized spacial score (nSPS) is 24.0. The Balaban J connectivity index is 2.22. The van der Waals surface area contributed by atoms with E-state index in [1.54, 1.807) is 0 Å². The lowest BCUT2D eigenvalue weighted by atomic mass is 9.94. The van der Waals surface area contributed by atoms with Crippen molar-refractivity contribution in [3.63, 3.8) is 0 Å². The summed E-state index contributed by atoms with van der Waals surface area (Å²) in [6.45, 7) is 0. The Morgan fingerprint density at radius 2 is 2.23 bits per heavy atom. The maximum Gasteiger partial charge on any atom is 0.133 e. The summed E-state index contributed by atoms with van der Waals surface area (Å²) in [5, 5.41) is 0. The van der Waals surface area contributed by atoms with E-state index in [1.807, 2.05) is 0 Å². The number of carbonyl (C=O) groups is 2. The van der Waals surface area contributed by atoms with Gasteiger partial charge in [-0.1, -0.05) is 12.8 Å². The molecule has 0 aromatic carbocycles. The molecule has 0 aromatic heterocycles. The van der Waals surface area contributed by atoms with E-state index in [0.29, 0.717) is 18.1 Å². The fourth-order valence-electron chi connectivity index (χ4n) is 2.02. The van der Waals surface area contributed by atoms with Gasteiger partial charge in [0.2, 0.25) is 0 Å². The first kappa shape index (κ1) is 10.4. The predicted molar refractivity (Wildman–Crippen MR) is 51.5 cm³/mol. The monoisotopic (exact) mass is 182 g/mol. The summed E-state index contributed by atoms with van der Waals surface area (Å²) < 4.78 is 0. The van der Waals surface area contributed by atoms with Crippen LogP contribution in [-0.4, -0.2) is 12.1 Å². The summed E-state index contributed by atoms with van der Waals surface area (Å²) in [4.78, 5) is 21.4. The molecule has 1 fully saturated rings. The zero-order valence-corrected chi connectivity index (χ0v) is 8.13. The summed E-state index contributed by atoms with van der Waals surface area (Å²) in [5.74, 6) is 0.989. The molecule has 1 aliphatic rings. The van der Waals surface area contributed by atoms with Crippen LogP contribution in [0.3, 0.4) is 0 Å². The standard InChI is InChI=1S/C11H18O2/c12-8-4-3-6-10-5-1-2-7-11(13)9-10/h8,10H,1-7,9H2/t10-/m1/s1. The molecule has 74 valence electrons. The van der Waals surface area contributed by atoms with E-state index in [-0.39, 0.29) is 0 Å². The molecule has 0 heterocycles. The van der Waals surface area contributed by atoms with Crippen molar-refractivity contribution in [2.24, 2.45) is 5.92 Å². The first-order valence-electron chi connectivity index (χ1n) is 5.28. The highest BCUT2D eigenvalue weighted by atomic mass is 16.1. The largest absolute Gasteiger partial charge is 0.303 e. The Hall–Kier alpha value is -0.660. The molecule has 0 aromatic rings. The maximum absolute atomic E-state index is 11.3. The highest BCUT2D eigenvalue weighted by Gasteiger charge is 2.16. The molecule has 1 rings (SSSR count). The quantitative estimate of drug-likeness (QED) is 0.380. The molecule has 1 atom stereocenters. The van der Waals surface area contributed by atoms with Gasteiger partial charge < -0.3 is 4.79 Å². The molecule has 13 heavy (non-hydrogen) atoms. The topological polar surface area (TPSA) is 34.1 Å². The predicted octanol–water partition coefficient (Wildman–Crippen LogP) is 2.51. The van der Waals surface area contributed by atoms with Crippen molar-refractivity contribution in [3.8, 4) is 0 Å². The smallest absolute Gasteiger partial charge is 0.133 e. The van der Waals surface area contributed by atoms with E-state index in [9.17, 15) is 9.59 Å². The minimum Gasteiger partial charge on any atom is -0.303 e. The van der Waals surface area contributed by atoms with Crippen LogP contribution in [0.1, 0.15) is 51.4 Å². The molecule has 2 nitrogen and oxygen atoms in total. The molecule has 1 saturated carbocycles. The molecule has 0 saturated heterocycles. The lowest BCUT2D eigenvalue weighted by Gasteiger charge is -2.11. The maximum atomic E-state index is 11.3. The number of unbranched alkanes of at least 4 members (excludes halogenated alkanes) is 1. The van der Waals surface area contributed by atoms with E-state index in [2.05, 4.69) is 0 Å². The summed E-state index contributed by atoms with van der Waals surface area (Å²) in [6, 6.07) is 0. The highest BCUT2D eigenvalue weighted by Crippen LogP contribution is 2.24. The minimum atomic E-state index is 0.425. The molecule has 1 aliphatic carbocycles. The van der Waals surface area contributed by atoms with Crippen LogP contribution in [0.5, 0.6) is 0 Å². The van der Waals surface area contributed by atoms with E-state index in [4.69, 9.17) is 0 Å². The Kier molecular flexibility index (Phi) is 4.73. The van der Waals surface area contributed by atoms with Gasteiger partial charge in [-0.15, -0.1) is 0 Å². The van der Waals surface area contributed by atoms with Gasteiger partial charge in [0, 0.05) is 19.3 Å². The van der Waals surface area contributed by atoms with Crippen LogP contribution in [0, 0.1) is 5.92 Å². The molecular formula is C11H18O2. The van der Waals surface area contributed by atoms with Gasteiger partial charge in [-0.05, 0) is 25.2 Å². The van der Waals surface area contributed by atoms with Crippen LogP contribution in [0.4, 0.5) is 0 Å². The van der Waals surface area contributed by atoms with Gasteiger partial charge in [-0.2, -0.15) is 0 Å². The first-order chi connectivity index (χ1) is 6.33. The molecule has 0 N–H and O–H groups in total. The van der Waals surface area contributed by atoms with Gasteiger partial charge in [-0.3, -0.25) is 4.79 Å². The Morgan fingerprint density at radius 3 is 3.00 bits per heavy atom. The van der Waals surface area contributed by atoms with Gasteiger partial charge in [0.1, 0.15) is 12.1 Å². The Bertz CT molecular complexity index is 175. The molecule has 0 aliphatic heterocycles. The van der Waals surface area contributed by atoms with Crippen molar-refractivity contribution in [1.29, 1.82) is 0 Å². The van der Waals surface area contributed by atoms with E-state index < -0.39 is 0 Å². The van der Waals surface area contributed by atoms with E-state index >= 15 is 0 Å². The van der Waals surface area contributed by atoms with Crippen LogP contribution >= 0.6 is 0 Å². The molecule has 2 heteroatoms.